The second kappa shape index (κ2) is 6.77. The minimum Gasteiger partial charge on any atom is -0.497 e. The van der Waals surface area contributed by atoms with E-state index in [1.807, 2.05) is 24.3 Å². The maximum atomic E-state index is 11.3. The van der Waals surface area contributed by atoms with Crippen LogP contribution in [0, 0.1) is 11.8 Å². The number of rotatable bonds is 4. The van der Waals surface area contributed by atoms with E-state index in [1.54, 1.807) is 13.3 Å². The van der Waals surface area contributed by atoms with Crippen molar-refractivity contribution in [2.24, 2.45) is 11.8 Å². The molecule has 4 nitrogen and oxygen atoms in total. The minimum atomic E-state index is -0.510. The molecular formula is C21H26N2O2. The van der Waals surface area contributed by atoms with Crippen LogP contribution in [0.15, 0.2) is 43.1 Å². The molecule has 0 spiro atoms. The number of piperidine rings is 1. The Hall–Kier alpha value is -1.91. The SMILES string of the molecule is C=CC1CN2CCCC1CC2C(O)c1ccnc2ccc(OC)cc12. The van der Waals surface area contributed by atoms with Crippen LogP contribution >= 0.6 is 0 Å². The molecule has 5 unspecified atom stereocenters. The third-order valence-electron chi connectivity index (χ3n) is 6.05. The summed E-state index contributed by atoms with van der Waals surface area (Å²) >= 11 is 0. The van der Waals surface area contributed by atoms with Gasteiger partial charge in [-0.25, -0.2) is 0 Å². The van der Waals surface area contributed by atoms with Gasteiger partial charge in [0, 0.05) is 24.2 Å². The fourth-order valence-corrected chi connectivity index (χ4v) is 4.67. The Labute approximate surface area is 149 Å². The number of ether oxygens (including phenoxy) is 1. The van der Waals surface area contributed by atoms with Gasteiger partial charge >= 0.3 is 0 Å². The van der Waals surface area contributed by atoms with Crippen molar-refractivity contribution in [3.05, 3.63) is 48.7 Å². The number of benzene rings is 1. The quantitative estimate of drug-likeness (QED) is 0.866. The molecule has 3 fully saturated rings. The van der Waals surface area contributed by atoms with Crippen LogP contribution in [0.2, 0.25) is 0 Å². The largest absolute Gasteiger partial charge is 0.497 e. The number of methoxy groups -OCH3 is 1. The summed E-state index contributed by atoms with van der Waals surface area (Å²) < 4.78 is 5.37. The number of hydrogen-bond donors (Lipinski definition) is 1. The van der Waals surface area contributed by atoms with E-state index in [4.69, 9.17) is 4.74 Å². The zero-order valence-electron chi connectivity index (χ0n) is 14.8. The maximum absolute atomic E-state index is 11.3. The van der Waals surface area contributed by atoms with Gasteiger partial charge in [-0.15, -0.1) is 6.58 Å². The third-order valence-corrected chi connectivity index (χ3v) is 6.05. The summed E-state index contributed by atoms with van der Waals surface area (Å²) in [6.45, 7) is 6.10. The maximum Gasteiger partial charge on any atom is 0.119 e. The van der Waals surface area contributed by atoms with Crippen molar-refractivity contribution in [1.29, 1.82) is 0 Å². The van der Waals surface area contributed by atoms with Gasteiger partial charge in [0.15, 0.2) is 0 Å². The number of aromatic nitrogens is 1. The zero-order valence-corrected chi connectivity index (χ0v) is 14.8. The summed E-state index contributed by atoms with van der Waals surface area (Å²) in [7, 11) is 1.67. The lowest BCUT2D eigenvalue weighted by Gasteiger charge is -2.42. The van der Waals surface area contributed by atoms with Gasteiger partial charge < -0.3 is 9.84 Å². The summed E-state index contributed by atoms with van der Waals surface area (Å²) in [5, 5.41) is 12.3. The molecular weight excluding hydrogens is 312 g/mol. The lowest BCUT2D eigenvalue weighted by molar-refractivity contribution is 0.00928. The zero-order chi connectivity index (χ0) is 17.4. The monoisotopic (exact) mass is 338 g/mol. The highest BCUT2D eigenvalue weighted by molar-refractivity contribution is 5.83. The summed E-state index contributed by atoms with van der Waals surface area (Å²) in [4.78, 5) is 6.91. The van der Waals surface area contributed by atoms with Crippen molar-refractivity contribution >= 4 is 10.9 Å². The first-order valence-corrected chi connectivity index (χ1v) is 9.18. The number of aliphatic hydroxyl groups is 1. The van der Waals surface area contributed by atoms with Gasteiger partial charge in [-0.3, -0.25) is 9.88 Å². The molecule has 2 bridgehead atoms. The summed E-state index contributed by atoms with van der Waals surface area (Å²) in [5.41, 5.74) is 1.85. The highest BCUT2D eigenvalue weighted by Gasteiger charge is 2.40. The molecule has 5 rings (SSSR count). The van der Waals surface area contributed by atoms with Crippen LogP contribution < -0.4 is 4.74 Å². The molecule has 3 aliphatic rings. The van der Waals surface area contributed by atoms with Crippen LogP contribution in [0.1, 0.15) is 30.9 Å². The van der Waals surface area contributed by atoms with Gasteiger partial charge in [-0.1, -0.05) is 6.08 Å². The molecule has 132 valence electrons. The van der Waals surface area contributed by atoms with Crippen molar-refractivity contribution in [3.63, 3.8) is 0 Å². The molecule has 2 aromatic rings. The van der Waals surface area contributed by atoms with E-state index < -0.39 is 6.10 Å². The highest BCUT2D eigenvalue weighted by atomic mass is 16.5. The van der Waals surface area contributed by atoms with Crippen LogP contribution in [0.25, 0.3) is 10.9 Å². The van der Waals surface area contributed by atoms with Crippen LogP contribution in [0.3, 0.4) is 0 Å². The molecule has 3 saturated heterocycles. The number of pyridine rings is 1. The van der Waals surface area contributed by atoms with E-state index in [2.05, 4.69) is 22.5 Å². The fraction of sp³-hybridized carbons (Fsp3) is 0.476. The van der Waals surface area contributed by atoms with Crippen LogP contribution in [-0.2, 0) is 0 Å². The average molecular weight is 338 g/mol. The number of aliphatic hydroxyl groups excluding tert-OH is 1. The van der Waals surface area contributed by atoms with Crippen LogP contribution in [0.4, 0.5) is 0 Å². The summed E-state index contributed by atoms with van der Waals surface area (Å²) in [6, 6.07) is 7.98. The van der Waals surface area contributed by atoms with Gasteiger partial charge in [-0.05, 0) is 67.5 Å². The van der Waals surface area contributed by atoms with E-state index >= 15 is 0 Å². The summed E-state index contributed by atoms with van der Waals surface area (Å²) in [6.07, 6.45) is 6.88. The molecule has 1 aromatic carbocycles. The van der Waals surface area contributed by atoms with Gasteiger partial charge in [0.2, 0.25) is 0 Å². The van der Waals surface area contributed by atoms with Crippen LogP contribution in [0.5, 0.6) is 5.75 Å². The molecule has 1 aromatic heterocycles. The van der Waals surface area contributed by atoms with Crippen molar-refractivity contribution in [2.45, 2.75) is 31.4 Å². The molecule has 0 saturated carbocycles. The Kier molecular flexibility index (Phi) is 4.48. The van der Waals surface area contributed by atoms with Crippen molar-refractivity contribution in [3.8, 4) is 5.75 Å². The average Bonchev–Trinajstić information content (AvgIpc) is 2.99. The Balaban J connectivity index is 1.70. The predicted octanol–water partition coefficient (Wildman–Crippen LogP) is 3.56. The molecule has 5 atom stereocenters. The van der Waals surface area contributed by atoms with Gasteiger partial charge in [-0.2, -0.15) is 0 Å². The number of nitrogens with zero attached hydrogens (tertiary/aromatic N) is 2. The van der Waals surface area contributed by atoms with E-state index in [0.29, 0.717) is 11.8 Å². The Bertz CT molecular complexity index is 776. The number of hydrogen-bond acceptors (Lipinski definition) is 4. The van der Waals surface area contributed by atoms with E-state index in [-0.39, 0.29) is 6.04 Å². The molecule has 0 radical (unpaired) electrons. The lowest BCUT2D eigenvalue weighted by atomic mass is 9.79. The van der Waals surface area contributed by atoms with Crippen molar-refractivity contribution in [1.82, 2.24) is 9.88 Å². The van der Waals surface area contributed by atoms with Gasteiger partial charge in [0.25, 0.3) is 0 Å². The normalized spacial score (nSPS) is 30.0. The summed E-state index contributed by atoms with van der Waals surface area (Å²) in [5.74, 6) is 1.99. The molecule has 0 amide bonds. The Morgan fingerprint density at radius 3 is 3.08 bits per heavy atom. The highest BCUT2D eigenvalue weighted by Crippen LogP contribution is 2.41. The van der Waals surface area contributed by atoms with Gasteiger partial charge in [0.05, 0.1) is 18.7 Å². The molecule has 3 aliphatic heterocycles. The van der Waals surface area contributed by atoms with Crippen LogP contribution in [-0.4, -0.2) is 41.2 Å². The molecule has 1 N–H and O–H groups in total. The Morgan fingerprint density at radius 2 is 2.28 bits per heavy atom. The number of fused-ring (bicyclic) bond motifs is 5. The van der Waals surface area contributed by atoms with E-state index in [1.165, 1.54) is 12.8 Å². The lowest BCUT2D eigenvalue weighted by Crippen LogP contribution is -2.47. The second-order valence-corrected chi connectivity index (χ2v) is 7.33. The molecule has 4 heterocycles. The fourth-order valence-electron chi connectivity index (χ4n) is 4.67. The third kappa shape index (κ3) is 2.94. The molecule has 0 aliphatic carbocycles. The van der Waals surface area contributed by atoms with Crippen molar-refractivity contribution < 1.29 is 9.84 Å². The minimum absolute atomic E-state index is 0.167. The first-order chi connectivity index (χ1) is 12.2. The smallest absolute Gasteiger partial charge is 0.119 e. The molecule has 25 heavy (non-hydrogen) atoms. The first-order valence-electron chi connectivity index (χ1n) is 9.18. The predicted molar refractivity (Wildman–Crippen MR) is 99.6 cm³/mol. The van der Waals surface area contributed by atoms with Gasteiger partial charge in [0.1, 0.15) is 5.75 Å². The standard InChI is InChI=1S/C21H26N2O2/c1-3-14-13-23-10-4-5-15(14)11-20(23)21(24)17-8-9-22-19-7-6-16(25-2)12-18(17)19/h3,6-9,12,14-15,20-21,24H,1,4-5,10-11,13H2,2H3. The van der Waals surface area contributed by atoms with E-state index in [0.717, 1.165) is 41.7 Å². The topological polar surface area (TPSA) is 45.6 Å². The first kappa shape index (κ1) is 16.6. The van der Waals surface area contributed by atoms with Crippen molar-refractivity contribution in [2.75, 3.05) is 20.2 Å². The Morgan fingerprint density at radius 1 is 1.40 bits per heavy atom. The van der Waals surface area contributed by atoms with E-state index in [9.17, 15) is 5.11 Å². The second-order valence-electron chi connectivity index (χ2n) is 7.33. The molecule has 4 heteroatoms.